The second-order valence-electron chi connectivity index (χ2n) is 2.76. The van der Waals surface area contributed by atoms with Crippen LogP contribution in [0.2, 0.25) is 0 Å². The van der Waals surface area contributed by atoms with Crippen LogP contribution in [0.15, 0.2) is 6.20 Å². The lowest BCUT2D eigenvalue weighted by atomic mass is 10.1. The summed E-state index contributed by atoms with van der Waals surface area (Å²) >= 11 is 3.02. The van der Waals surface area contributed by atoms with Crippen molar-refractivity contribution in [3.05, 3.63) is 23.0 Å². The van der Waals surface area contributed by atoms with Gasteiger partial charge in [-0.3, -0.25) is 4.98 Å². The van der Waals surface area contributed by atoms with Crippen molar-refractivity contribution >= 4 is 15.9 Å². The summed E-state index contributed by atoms with van der Waals surface area (Å²) in [6.07, 6.45) is -1.81. The molecule has 0 saturated carbocycles. The van der Waals surface area contributed by atoms with E-state index in [1.807, 2.05) is 0 Å². The largest absolute Gasteiger partial charge is 0.505 e. The molecule has 0 aromatic carbocycles. The Kier molecular flexibility index (Phi) is 3.97. The van der Waals surface area contributed by atoms with Crippen LogP contribution >= 0.6 is 15.9 Å². The van der Waals surface area contributed by atoms with E-state index in [1.54, 1.807) is 6.07 Å². The van der Waals surface area contributed by atoms with E-state index < -0.39 is 17.7 Å². The van der Waals surface area contributed by atoms with Gasteiger partial charge in [0.15, 0.2) is 0 Å². The molecule has 0 unspecified atom stereocenters. The zero-order chi connectivity index (χ0) is 11.4. The first-order chi connectivity index (χ1) is 7.11. The van der Waals surface area contributed by atoms with Crippen LogP contribution < -0.4 is 0 Å². The highest BCUT2D eigenvalue weighted by atomic mass is 79.9. The minimum atomic E-state index is -2.81. The highest BCUT2D eigenvalue weighted by Crippen LogP contribution is 2.34. The first-order valence-electron chi connectivity index (χ1n) is 4.02. The molecule has 3 nitrogen and oxygen atoms in total. The van der Waals surface area contributed by atoms with Crippen molar-refractivity contribution < 1.29 is 13.9 Å². The summed E-state index contributed by atoms with van der Waals surface area (Å²) < 4.78 is 25.2. The third-order valence-corrected chi connectivity index (χ3v) is 2.40. The van der Waals surface area contributed by atoms with E-state index in [2.05, 4.69) is 20.9 Å². The van der Waals surface area contributed by atoms with Gasteiger partial charge in [0.2, 0.25) is 0 Å². The van der Waals surface area contributed by atoms with Crippen molar-refractivity contribution in [3.63, 3.8) is 0 Å². The van der Waals surface area contributed by atoms with Gasteiger partial charge in [-0.1, -0.05) is 15.9 Å². The summed E-state index contributed by atoms with van der Waals surface area (Å²) in [6.45, 7) is 0. The van der Waals surface area contributed by atoms with E-state index in [-0.39, 0.29) is 23.0 Å². The molecule has 0 aliphatic rings. The van der Waals surface area contributed by atoms with Crippen molar-refractivity contribution in [2.75, 3.05) is 0 Å². The number of pyridine rings is 1. The molecule has 0 aliphatic heterocycles. The van der Waals surface area contributed by atoms with Crippen LogP contribution in [0.1, 0.15) is 23.2 Å². The van der Waals surface area contributed by atoms with Crippen molar-refractivity contribution in [2.24, 2.45) is 0 Å². The van der Waals surface area contributed by atoms with Crippen LogP contribution in [0.5, 0.6) is 5.75 Å². The molecule has 1 aromatic heterocycles. The maximum atomic E-state index is 12.6. The fraction of sp³-hybridized carbons (Fsp3) is 0.333. The standard InChI is InChI=1S/C9H7BrF2N2O/c10-3-6-8(15)7(9(11)12)5(1-2-13)4-14-6/h4,9,15H,1,3H2. The first kappa shape index (κ1) is 11.9. The average Bonchev–Trinajstić information content (AvgIpc) is 2.18. The zero-order valence-electron chi connectivity index (χ0n) is 7.54. The summed E-state index contributed by atoms with van der Waals surface area (Å²) in [5.74, 6) is -0.533. The van der Waals surface area contributed by atoms with Crippen LogP contribution in [0.25, 0.3) is 0 Å². The molecule has 0 saturated heterocycles. The van der Waals surface area contributed by atoms with Crippen LogP contribution in [-0.2, 0) is 11.8 Å². The monoisotopic (exact) mass is 276 g/mol. The van der Waals surface area contributed by atoms with Gasteiger partial charge in [-0.25, -0.2) is 8.78 Å². The molecule has 0 fully saturated rings. The number of nitriles is 1. The van der Waals surface area contributed by atoms with Gasteiger partial charge in [-0.2, -0.15) is 5.26 Å². The smallest absolute Gasteiger partial charge is 0.267 e. The summed E-state index contributed by atoms with van der Waals surface area (Å²) in [5.41, 5.74) is -0.289. The van der Waals surface area contributed by atoms with Crippen LogP contribution in [-0.4, -0.2) is 10.1 Å². The van der Waals surface area contributed by atoms with E-state index in [0.717, 1.165) is 0 Å². The summed E-state index contributed by atoms with van der Waals surface area (Å²) in [6, 6.07) is 1.75. The van der Waals surface area contributed by atoms with Gasteiger partial charge in [-0.05, 0) is 5.56 Å². The number of aromatic hydroxyl groups is 1. The van der Waals surface area contributed by atoms with E-state index in [9.17, 15) is 13.9 Å². The molecule has 0 aliphatic carbocycles. The maximum absolute atomic E-state index is 12.6. The lowest BCUT2D eigenvalue weighted by Crippen LogP contribution is -1.99. The van der Waals surface area contributed by atoms with Crippen LogP contribution in [0.4, 0.5) is 8.78 Å². The first-order valence-corrected chi connectivity index (χ1v) is 5.14. The minimum absolute atomic E-state index is 0.0645. The molecule has 0 atom stereocenters. The molecule has 1 N–H and O–H groups in total. The van der Waals surface area contributed by atoms with Gasteiger partial charge >= 0.3 is 0 Å². The number of hydrogen-bond donors (Lipinski definition) is 1. The van der Waals surface area contributed by atoms with Crippen molar-refractivity contribution in [1.29, 1.82) is 5.26 Å². The molecular formula is C9H7BrF2N2O. The Balaban J connectivity index is 3.32. The topological polar surface area (TPSA) is 56.9 Å². The molecule has 0 spiro atoms. The Morgan fingerprint density at radius 1 is 1.60 bits per heavy atom. The Bertz CT molecular complexity index is 404. The van der Waals surface area contributed by atoms with Crippen LogP contribution in [0, 0.1) is 11.3 Å². The Morgan fingerprint density at radius 3 is 2.73 bits per heavy atom. The van der Waals surface area contributed by atoms with E-state index in [1.165, 1.54) is 6.20 Å². The third-order valence-electron chi connectivity index (χ3n) is 1.86. The summed E-state index contributed by atoms with van der Waals surface area (Å²) in [5, 5.41) is 18.1. The molecular weight excluding hydrogens is 270 g/mol. The average molecular weight is 277 g/mol. The molecule has 6 heteroatoms. The minimum Gasteiger partial charge on any atom is -0.505 e. The van der Waals surface area contributed by atoms with E-state index in [0.29, 0.717) is 0 Å². The molecule has 1 rings (SSSR count). The lowest BCUT2D eigenvalue weighted by molar-refractivity contribution is 0.146. The van der Waals surface area contributed by atoms with Crippen molar-refractivity contribution in [2.45, 2.75) is 18.2 Å². The van der Waals surface area contributed by atoms with Gasteiger partial charge in [0.25, 0.3) is 6.43 Å². The molecule has 0 amide bonds. The second-order valence-corrected chi connectivity index (χ2v) is 3.32. The quantitative estimate of drug-likeness (QED) is 0.864. The van der Waals surface area contributed by atoms with Crippen LogP contribution in [0.3, 0.4) is 0 Å². The van der Waals surface area contributed by atoms with Gasteiger partial charge in [0.05, 0.1) is 23.7 Å². The van der Waals surface area contributed by atoms with Crippen molar-refractivity contribution in [1.82, 2.24) is 4.98 Å². The van der Waals surface area contributed by atoms with Gasteiger partial charge < -0.3 is 5.11 Å². The number of nitrogens with zero attached hydrogens (tertiary/aromatic N) is 2. The Morgan fingerprint density at radius 2 is 2.27 bits per heavy atom. The highest BCUT2D eigenvalue weighted by Gasteiger charge is 2.20. The normalized spacial score (nSPS) is 10.3. The SMILES string of the molecule is N#CCc1cnc(CBr)c(O)c1C(F)F. The molecule has 15 heavy (non-hydrogen) atoms. The predicted octanol–water partition coefficient (Wildman–Crippen LogP) is 2.69. The lowest BCUT2D eigenvalue weighted by Gasteiger charge is -2.10. The Labute approximate surface area is 93.5 Å². The Hall–Kier alpha value is -1.22. The van der Waals surface area contributed by atoms with Gasteiger partial charge in [0, 0.05) is 11.5 Å². The van der Waals surface area contributed by atoms with E-state index in [4.69, 9.17) is 5.26 Å². The third kappa shape index (κ3) is 2.42. The molecule has 0 bridgehead atoms. The van der Waals surface area contributed by atoms with Crippen molar-refractivity contribution in [3.8, 4) is 11.8 Å². The molecule has 1 heterocycles. The fourth-order valence-corrected chi connectivity index (χ4v) is 1.57. The number of hydrogen-bond acceptors (Lipinski definition) is 3. The molecule has 80 valence electrons. The molecule has 0 radical (unpaired) electrons. The summed E-state index contributed by atoms with van der Waals surface area (Å²) in [4.78, 5) is 3.78. The fourth-order valence-electron chi connectivity index (χ4n) is 1.16. The second kappa shape index (κ2) is 5.03. The maximum Gasteiger partial charge on any atom is 0.267 e. The highest BCUT2D eigenvalue weighted by molar-refractivity contribution is 9.08. The molecule has 1 aromatic rings. The predicted molar refractivity (Wildman–Crippen MR) is 52.8 cm³/mol. The number of alkyl halides is 3. The van der Waals surface area contributed by atoms with E-state index >= 15 is 0 Å². The number of aromatic nitrogens is 1. The zero-order valence-corrected chi connectivity index (χ0v) is 9.13. The van der Waals surface area contributed by atoms with Gasteiger partial charge in [-0.15, -0.1) is 0 Å². The number of rotatable bonds is 3. The summed E-state index contributed by atoms with van der Waals surface area (Å²) in [7, 11) is 0. The number of halogens is 3. The van der Waals surface area contributed by atoms with Gasteiger partial charge in [0.1, 0.15) is 5.75 Å².